The highest BCUT2D eigenvalue weighted by Gasteiger charge is 2.32. The Morgan fingerprint density at radius 1 is 1.15 bits per heavy atom. The van der Waals surface area contributed by atoms with E-state index in [2.05, 4.69) is 24.4 Å². The van der Waals surface area contributed by atoms with Gasteiger partial charge in [-0.1, -0.05) is 55.8 Å². The zero-order chi connectivity index (χ0) is 19.1. The van der Waals surface area contributed by atoms with Crippen molar-refractivity contribution in [3.05, 3.63) is 71.3 Å². The molecule has 0 saturated carbocycles. The minimum absolute atomic E-state index is 0.0263. The van der Waals surface area contributed by atoms with Crippen molar-refractivity contribution >= 4 is 23.6 Å². The summed E-state index contributed by atoms with van der Waals surface area (Å²) >= 11 is 1.65. The molecule has 0 radical (unpaired) electrons. The second kappa shape index (κ2) is 9.60. The Morgan fingerprint density at radius 2 is 1.89 bits per heavy atom. The maximum atomic E-state index is 12.3. The van der Waals surface area contributed by atoms with Crippen molar-refractivity contribution in [1.82, 2.24) is 10.2 Å². The summed E-state index contributed by atoms with van der Waals surface area (Å²) in [6, 6.07) is 17.9. The van der Waals surface area contributed by atoms with Crippen LogP contribution >= 0.6 is 11.8 Å². The van der Waals surface area contributed by atoms with Gasteiger partial charge in [-0.2, -0.15) is 0 Å². The number of unbranched alkanes of at least 4 members (excludes halogenated alkanes) is 1. The molecule has 5 heteroatoms. The molecule has 1 heterocycles. The number of hydrogen-bond acceptors (Lipinski definition) is 3. The molecule has 1 aliphatic rings. The van der Waals surface area contributed by atoms with E-state index in [1.807, 2.05) is 47.4 Å². The highest BCUT2D eigenvalue weighted by atomic mass is 32.2. The number of hydrogen-bond donors (Lipinski definition) is 1. The first-order valence-electron chi connectivity index (χ1n) is 9.52. The van der Waals surface area contributed by atoms with Crippen LogP contribution in [-0.4, -0.2) is 35.6 Å². The Kier molecular flexibility index (Phi) is 6.93. The van der Waals surface area contributed by atoms with Crippen LogP contribution in [0.1, 0.15) is 46.6 Å². The summed E-state index contributed by atoms with van der Waals surface area (Å²) < 4.78 is 0. The van der Waals surface area contributed by atoms with Crippen LogP contribution in [0.25, 0.3) is 0 Å². The molecular formula is C22H26N2O2S. The molecule has 1 aliphatic heterocycles. The molecule has 27 heavy (non-hydrogen) atoms. The highest BCUT2D eigenvalue weighted by molar-refractivity contribution is 8.00. The quantitative estimate of drug-likeness (QED) is 0.701. The number of amides is 2. The second-order valence-electron chi connectivity index (χ2n) is 6.72. The molecule has 2 aromatic carbocycles. The highest BCUT2D eigenvalue weighted by Crippen LogP contribution is 2.38. The first-order chi connectivity index (χ1) is 13.2. The predicted molar refractivity (Wildman–Crippen MR) is 111 cm³/mol. The van der Waals surface area contributed by atoms with E-state index in [1.54, 1.807) is 11.8 Å². The molecule has 0 aliphatic carbocycles. The maximum absolute atomic E-state index is 12.3. The Bertz CT molecular complexity index is 762. The molecule has 1 N–H and O–H groups in total. The molecular weight excluding hydrogens is 356 g/mol. The summed E-state index contributed by atoms with van der Waals surface area (Å²) in [4.78, 5) is 26.4. The van der Waals surface area contributed by atoms with E-state index >= 15 is 0 Å². The lowest BCUT2D eigenvalue weighted by molar-refractivity contribution is -0.128. The molecule has 1 fully saturated rings. The van der Waals surface area contributed by atoms with Gasteiger partial charge in [0.05, 0.1) is 5.75 Å². The fourth-order valence-corrected chi connectivity index (χ4v) is 4.36. The largest absolute Gasteiger partial charge is 0.352 e. The fourth-order valence-electron chi connectivity index (χ4n) is 3.15. The van der Waals surface area contributed by atoms with Gasteiger partial charge in [0, 0.05) is 18.7 Å². The predicted octanol–water partition coefficient (Wildman–Crippen LogP) is 4.03. The van der Waals surface area contributed by atoms with E-state index in [0.29, 0.717) is 24.4 Å². The number of carbonyl (C=O) groups excluding carboxylic acids is 2. The first-order valence-corrected chi connectivity index (χ1v) is 10.6. The average Bonchev–Trinajstić information content (AvgIpc) is 3.08. The molecule has 3 rings (SSSR count). The van der Waals surface area contributed by atoms with Crippen LogP contribution in [0.15, 0.2) is 54.6 Å². The molecule has 1 saturated heterocycles. The summed E-state index contributed by atoms with van der Waals surface area (Å²) in [5.74, 6) is 0.659. The van der Waals surface area contributed by atoms with E-state index in [9.17, 15) is 9.59 Å². The molecule has 142 valence electrons. The van der Waals surface area contributed by atoms with Gasteiger partial charge in [0.2, 0.25) is 5.91 Å². The molecule has 0 bridgehead atoms. The number of thioether (sulfide) groups is 1. The number of nitrogens with zero attached hydrogens (tertiary/aromatic N) is 1. The van der Waals surface area contributed by atoms with Gasteiger partial charge in [-0.3, -0.25) is 9.59 Å². The van der Waals surface area contributed by atoms with Crippen LogP contribution in [0.3, 0.4) is 0 Å². The fraction of sp³-hybridized carbons (Fsp3) is 0.364. The van der Waals surface area contributed by atoms with E-state index in [4.69, 9.17) is 0 Å². The van der Waals surface area contributed by atoms with Crippen LogP contribution in [0.4, 0.5) is 0 Å². The van der Waals surface area contributed by atoms with Gasteiger partial charge in [-0.05, 0) is 36.1 Å². The smallest absolute Gasteiger partial charge is 0.251 e. The Morgan fingerprint density at radius 3 is 2.59 bits per heavy atom. The number of nitrogens with one attached hydrogen (secondary N) is 1. The first kappa shape index (κ1) is 19.5. The standard InChI is InChI=1S/C22H26N2O2S/c1-2-3-14-23-21(26)18-9-11-19(12-10-18)22-24(20(25)16-27-22)15-13-17-7-5-4-6-8-17/h4-12,22H,2-3,13-16H2,1H3,(H,23,26)/t22-/m0/s1. The normalized spacial score (nSPS) is 16.6. The SMILES string of the molecule is CCCCNC(=O)c1ccc([C@@H]2SCC(=O)N2CCc2ccccc2)cc1. The van der Waals surface area contributed by atoms with Gasteiger partial charge in [0.25, 0.3) is 5.91 Å². The minimum Gasteiger partial charge on any atom is -0.352 e. The van der Waals surface area contributed by atoms with Crippen molar-refractivity contribution in [1.29, 1.82) is 0 Å². The van der Waals surface area contributed by atoms with Gasteiger partial charge < -0.3 is 10.2 Å². The van der Waals surface area contributed by atoms with Gasteiger partial charge >= 0.3 is 0 Å². The van der Waals surface area contributed by atoms with Crippen molar-refractivity contribution < 1.29 is 9.59 Å². The molecule has 4 nitrogen and oxygen atoms in total. The van der Waals surface area contributed by atoms with E-state index < -0.39 is 0 Å². The third-order valence-corrected chi connectivity index (χ3v) is 5.98. The monoisotopic (exact) mass is 382 g/mol. The van der Waals surface area contributed by atoms with E-state index in [0.717, 1.165) is 24.8 Å². The van der Waals surface area contributed by atoms with Gasteiger partial charge in [-0.25, -0.2) is 0 Å². The lowest BCUT2D eigenvalue weighted by atomic mass is 10.1. The maximum Gasteiger partial charge on any atom is 0.251 e. The Hall–Kier alpha value is -2.27. The molecule has 1 atom stereocenters. The van der Waals surface area contributed by atoms with Crippen LogP contribution < -0.4 is 5.32 Å². The van der Waals surface area contributed by atoms with Crippen molar-refractivity contribution in [3.8, 4) is 0 Å². The topological polar surface area (TPSA) is 49.4 Å². The lowest BCUT2D eigenvalue weighted by Crippen LogP contribution is -2.30. The minimum atomic E-state index is -0.0360. The van der Waals surface area contributed by atoms with Crippen molar-refractivity contribution in [2.75, 3.05) is 18.8 Å². The Labute approximate surface area is 165 Å². The van der Waals surface area contributed by atoms with E-state index in [1.165, 1.54) is 5.56 Å². The van der Waals surface area contributed by atoms with Crippen LogP contribution in [0.2, 0.25) is 0 Å². The van der Waals surface area contributed by atoms with Crippen LogP contribution in [0, 0.1) is 0 Å². The molecule has 0 unspecified atom stereocenters. The molecule has 0 spiro atoms. The summed E-state index contributed by atoms with van der Waals surface area (Å²) in [6.07, 6.45) is 2.90. The molecule has 0 aromatic heterocycles. The average molecular weight is 383 g/mol. The third-order valence-electron chi connectivity index (χ3n) is 4.73. The third kappa shape index (κ3) is 5.13. The molecule has 2 amide bonds. The summed E-state index contributed by atoms with van der Waals surface area (Å²) in [6.45, 7) is 3.52. The second-order valence-corrected chi connectivity index (χ2v) is 7.79. The van der Waals surface area contributed by atoms with Gasteiger partial charge in [0.15, 0.2) is 0 Å². The van der Waals surface area contributed by atoms with Gasteiger partial charge in [0.1, 0.15) is 5.37 Å². The number of carbonyl (C=O) groups is 2. The van der Waals surface area contributed by atoms with E-state index in [-0.39, 0.29) is 17.2 Å². The zero-order valence-electron chi connectivity index (χ0n) is 15.7. The number of benzene rings is 2. The van der Waals surface area contributed by atoms with Gasteiger partial charge in [-0.15, -0.1) is 11.8 Å². The molecule has 2 aromatic rings. The summed E-state index contributed by atoms with van der Waals surface area (Å²) in [7, 11) is 0. The van der Waals surface area contributed by atoms with Crippen LogP contribution in [0.5, 0.6) is 0 Å². The van der Waals surface area contributed by atoms with Crippen molar-refractivity contribution in [3.63, 3.8) is 0 Å². The van der Waals surface area contributed by atoms with Crippen LogP contribution in [-0.2, 0) is 11.2 Å². The zero-order valence-corrected chi connectivity index (χ0v) is 16.5. The number of rotatable bonds is 8. The lowest BCUT2D eigenvalue weighted by Gasteiger charge is -2.24. The summed E-state index contributed by atoms with van der Waals surface area (Å²) in [5, 5.41) is 2.96. The summed E-state index contributed by atoms with van der Waals surface area (Å²) in [5.41, 5.74) is 2.98. The van der Waals surface area contributed by atoms with Crippen molar-refractivity contribution in [2.24, 2.45) is 0 Å². The Balaban J connectivity index is 1.63. The van der Waals surface area contributed by atoms with Crippen molar-refractivity contribution in [2.45, 2.75) is 31.6 Å².